The summed E-state index contributed by atoms with van der Waals surface area (Å²) in [5.41, 5.74) is -0.879. The molecule has 0 unspecified atom stereocenters. The van der Waals surface area contributed by atoms with Gasteiger partial charge in [0.2, 0.25) is 11.6 Å². The number of hydrogen-bond donors (Lipinski definition) is 0. The van der Waals surface area contributed by atoms with E-state index in [1.54, 1.807) is 18.2 Å². The van der Waals surface area contributed by atoms with Crippen LogP contribution in [0.3, 0.4) is 0 Å². The lowest BCUT2D eigenvalue weighted by Gasteiger charge is -2.18. The highest BCUT2D eigenvalue weighted by molar-refractivity contribution is 6.10. The van der Waals surface area contributed by atoms with Gasteiger partial charge in [0.05, 0.1) is 12.8 Å². The zero-order valence-electron chi connectivity index (χ0n) is 9.98. The highest BCUT2D eigenvalue weighted by atomic mass is 19.1. The van der Waals surface area contributed by atoms with E-state index in [-0.39, 0.29) is 11.7 Å². The number of ether oxygens (including phenoxy) is 1. The van der Waals surface area contributed by atoms with Gasteiger partial charge in [-0.3, -0.25) is 9.69 Å². The number of carbonyl (C=O) groups excluding carboxylic acids is 1. The minimum absolute atomic E-state index is 0.109. The van der Waals surface area contributed by atoms with Crippen molar-refractivity contribution < 1.29 is 13.9 Å². The number of amidine groups is 1. The summed E-state index contributed by atoms with van der Waals surface area (Å²) < 4.78 is 20.0. The van der Waals surface area contributed by atoms with E-state index < -0.39 is 5.67 Å². The highest BCUT2D eigenvalue weighted by Crippen LogP contribution is 2.47. The number of benzene rings is 1. The normalized spacial score (nSPS) is 23.7. The molecule has 18 heavy (non-hydrogen) atoms. The topological polar surface area (TPSA) is 41.9 Å². The molecular weight excluding hydrogens is 235 g/mol. The Balaban J connectivity index is 2.14. The van der Waals surface area contributed by atoms with Crippen LogP contribution >= 0.6 is 0 Å². The van der Waals surface area contributed by atoms with Gasteiger partial charge in [-0.05, 0) is 24.3 Å². The summed E-state index contributed by atoms with van der Waals surface area (Å²) in [5.74, 6) is 0.416. The number of rotatable bonds is 1. The molecule has 5 heteroatoms. The van der Waals surface area contributed by atoms with Crippen molar-refractivity contribution in [2.45, 2.75) is 12.6 Å². The molecule has 0 aromatic heterocycles. The maximum absolute atomic E-state index is 15.0. The Morgan fingerprint density at radius 2 is 2.28 bits per heavy atom. The fourth-order valence-electron chi connectivity index (χ4n) is 2.24. The van der Waals surface area contributed by atoms with E-state index in [2.05, 4.69) is 4.99 Å². The molecule has 2 heterocycles. The van der Waals surface area contributed by atoms with Gasteiger partial charge >= 0.3 is 0 Å². The molecule has 0 saturated heterocycles. The first-order valence-corrected chi connectivity index (χ1v) is 5.52. The summed E-state index contributed by atoms with van der Waals surface area (Å²) >= 11 is 0. The molecule has 0 radical (unpaired) electrons. The van der Waals surface area contributed by atoms with Crippen molar-refractivity contribution in [2.24, 2.45) is 4.99 Å². The maximum atomic E-state index is 15.0. The Kier molecular flexibility index (Phi) is 2.08. The Bertz CT molecular complexity index is 609. The maximum Gasteiger partial charge on any atom is 0.228 e. The van der Waals surface area contributed by atoms with E-state index >= 15 is 0 Å². The minimum atomic E-state index is -1.82. The molecule has 92 valence electrons. The highest BCUT2D eigenvalue weighted by Gasteiger charge is 2.49. The number of amides is 1. The Morgan fingerprint density at radius 1 is 1.50 bits per heavy atom. The Hall–Kier alpha value is -2.17. The van der Waals surface area contributed by atoms with Crippen molar-refractivity contribution in [1.29, 1.82) is 0 Å². The van der Waals surface area contributed by atoms with Crippen LogP contribution in [0.1, 0.15) is 12.5 Å². The fraction of sp³-hybridized carbons (Fsp3) is 0.231. The van der Waals surface area contributed by atoms with E-state index in [9.17, 15) is 9.18 Å². The van der Waals surface area contributed by atoms with Crippen molar-refractivity contribution in [1.82, 2.24) is 4.90 Å². The van der Waals surface area contributed by atoms with Crippen LogP contribution in [0.2, 0.25) is 0 Å². The molecule has 0 N–H and O–H groups in total. The van der Waals surface area contributed by atoms with E-state index in [0.717, 1.165) is 0 Å². The van der Waals surface area contributed by atoms with Crippen LogP contribution in [0, 0.1) is 0 Å². The molecule has 4 nitrogen and oxygen atoms in total. The molecule has 0 spiro atoms. The zero-order chi connectivity index (χ0) is 12.9. The number of methoxy groups -OCH3 is 1. The second-order valence-electron chi connectivity index (χ2n) is 4.24. The largest absolute Gasteiger partial charge is 0.497 e. The van der Waals surface area contributed by atoms with Gasteiger partial charge in [0.25, 0.3) is 0 Å². The third-order valence-electron chi connectivity index (χ3n) is 3.17. The van der Waals surface area contributed by atoms with Gasteiger partial charge in [-0.25, -0.2) is 9.38 Å². The number of hydrogen-bond acceptors (Lipinski definition) is 3. The van der Waals surface area contributed by atoms with Gasteiger partial charge in [-0.15, -0.1) is 0 Å². The molecule has 0 bridgehead atoms. The molecular formula is C13H11FN2O2. The van der Waals surface area contributed by atoms with Crippen LogP contribution in [0.15, 0.2) is 35.5 Å². The first-order valence-electron chi connectivity index (χ1n) is 5.52. The molecule has 1 atom stereocenters. The predicted molar refractivity (Wildman–Crippen MR) is 64.5 cm³/mol. The summed E-state index contributed by atoms with van der Waals surface area (Å²) in [4.78, 5) is 16.8. The summed E-state index contributed by atoms with van der Waals surface area (Å²) in [6.07, 6.45) is 2.77. The first-order chi connectivity index (χ1) is 8.56. The third kappa shape index (κ3) is 1.24. The number of carbonyl (C=O) groups is 1. The number of nitrogens with zero attached hydrogens (tertiary/aromatic N) is 2. The van der Waals surface area contributed by atoms with Gasteiger partial charge in [0.1, 0.15) is 5.75 Å². The lowest BCUT2D eigenvalue weighted by Crippen LogP contribution is -2.35. The molecule has 2 aliphatic heterocycles. The summed E-state index contributed by atoms with van der Waals surface area (Å²) in [6, 6.07) is 5.02. The van der Waals surface area contributed by atoms with Gasteiger partial charge in [-0.2, -0.15) is 0 Å². The molecule has 2 aliphatic rings. The van der Waals surface area contributed by atoms with Gasteiger partial charge in [-0.1, -0.05) is 0 Å². The molecule has 3 rings (SSSR count). The average Bonchev–Trinajstić information content (AvgIpc) is 2.81. The Morgan fingerprint density at radius 3 is 2.94 bits per heavy atom. The minimum Gasteiger partial charge on any atom is -0.497 e. The first kappa shape index (κ1) is 11.0. The van der Waals surface area contributed by atoms with E-state index in [1.807, 2.05) is 0 Å². The van der Waals surface area contributed by atoms with Crippen molar-refractivity contribution in [3.63, 3.8) is 0 Å². The third-order valence-corrected chi connectivity index (χ3v) is 3.17. The quantitative estimate of drug-likeness (QED) is 0.762. The van der Waals surface area contributed by atoms with Gasteiger partial charge in [0, 0.05) is 18.7 Å². The van der Waals surface area contributed by atoms with Gasteiger partial charge < -0.3 is 4.74 Å². The summed E-state index contributed by atoms with van der Waals surface area (Å²) in [5, 5.41) is 0. The molecule has 1 aromatic carbocycles. The lowest BCUT2D eigenvalue weighted by atomic mass is 9.97. The van der Waals surface area contributed by atoms with Crippen molar-refractivity contribution in [3.8, 4) is 5.75 Å². The fourth-order valence-corrected chi connectivity index (χ4v) is 2.24. The standard InChI is InChI=1S/C13H11FN2O2/c1-8(17)16-6-5-13(14)10-7-9(18-2)3-4-11(10)15-12(13)16/h3-7H,1-2H3/t13-/m1/s1. The molecule has 0 fully saturated rings. The average molecular weight is 246 g/mol. The number of fused-ring (bicyclic) bond motifs is 3. The molecule has 1 aromatic rings. The lowest BCUT2D eigenvalue weighted by molar-refractivity contribution is -0.123. The van der Waals surface area contributed by atoms with Crippen LogP contribution < -0.4 is 4.74 Å². The van der Waals surface area contributed by atoms with Crippen LogP contribution in [0.5, 0.6) is 5.75 Å². The van der Waals surface area contributed by atoms with Crippen molar-refractivity contribution in [3.05, 3.63) is 36.0 Å². The Labute approximate surface area is 103 Å². The SMILES string of the molecule is COc1ccc2c(c1)[C@]1(F)C=CN(C(C)=O)C1=N2. The summed E-state index contributed by atoms with van der Waals surface area (Å²) in [7, 11) is 1.52. The molecule has 0 aliphatic carbocycles. The second-order valence-corrected chi connectivity index (χ2v) is 4.24. The van der Waals surface area contributed by atoms with E-state index in [0.29, 0.717) is 17.0 Å². The van der Waals surface area contributed by atoms with Crippen LogP contribution in [0.4, 0.5) is 10.1 Å². The predicted octanol–water partition coefficient (Wildman–Crippen LogP) is 2.28. The molecule has 1 amide bonds. The second kappa shape index (κ2) is 3.41. The van der Waals surface area contributed by atoms with Crippen molar-refractivity contribution >= 4 is 17.4 Å². The smallest absolute Gasteiger partial charge is 0.228 e. The van der Waals surface area contributed by atoms with Crippen molar-refractivity contribution in [2.75, 3.05) is 7.11 Å². The monoisotopic (exact) mass is 246 g/mol. The van der Waals surface area contributed by atoms with Crippen LogP contribution in [0.25, 0.3) is 0 Å². The van der Waals surface area contributed by atoms with E-state index in [1.165, 1.54) is 31.2 Å². The zero-order valence-corrected chi connectivity index (χ0v) is 9.98. The van der Waals surface area contributed by atoms with Crippen LogP contribution in [-0.2, 0) is 10.5 Å². The number of alkyl halides is 1. The van der Waals surface area contributed by atoms with Gasteiger partial charge in [0.15, 0.2) is 5.84 Å². The van der Waals surface area contributed by atoms with E-state index in [4.69, 9.17) is 4.74 Å². The number of halogens is 1. The summed E-state index contributed by atoms with van der Waals surface area (Å²) in [6.45, 7) is 1.38. The molecule has 0 saturated carbocycles. The van der Waals surface area contributed by atoms with Crippen LogP contribution in [-0.4, -0.2) is 23.8 Å². The number of aliphatic imine (C=N–C) groups is 1.